The van der Waals surface area contributed by atoms with E-state index in [2.05, 4.69) is 14.5 Å². The molecule has 0 N–H and O–H groups in total. The van der Waals surface area contributed by atoms with E-state index in [0.717, 1.165) is 16.9 Å². The first-order valence-electron chi connectivity index (χ1n) is 5.93. The second-order valence-electron chi connectivity index (χ2n) is 4.20. The van der Waals surface area contributed by atoms with Gasteiger partial charge in [0.15, 0.2) is 0 Å². The quantitative estimate of drug-likeness (QED) is 0.793. The van der Waals surface area contributed by atoms with Gasteiger partial charge in [0.05, 0.1) is 50.1 Å². The van der Waals surface area contributed by atoms with Crippen molar-refractivity contribution >= 4 is 22.6 Å². The van der Waals surface area contributed by atoms with Gasteiger partial charge < -0.3 is 14.0 Å². The van der Waals surface area contributed by atoms with Crippen molar-refractivity contribution in [3.63, 3.8) is 0 Å². The van der Waals surface area contributed by atoms with E-state index in [4.69, 9.17) is 21.1 Å². The van der Waals surface area contributed by atoms with E-state index in [-0.39, 0.29) is 6.10 Å². The summed E-state index contributed by atoms with van der Waals surface area (Å²) in [7, 11) is 0. The van der Waals surface area contributed by atoms with Crippen LogP contribution in [-0.4, -0.2) is 40.5 Å². The zero-order chi connectivity index (χ0) is 12.4. The molecule has 1 atom stereocenters. The molecule has 0 aromatic carbocycles. The summed E-state index contributed by atoms with van der Waals surface area (Å²) >= 11 is 5.95. The second-order valence-corrected chi connectivity index (χ2v) is 4.47. The van der Waals surface area contributed by atoms with Crippen LogP contribution in [0.2, 0.25) is 0 Å². The molecule has 5 nitrogen and oxygen atoms in total. The smallest absolute Gasteiger partial charge is 0.125 e. The van der Waals surface area contributed by atoms with Gasteiger partial charge in [0, 0.05) is 6.20 Å². The highest BCUT2D eigenvalue weighted by Gasteiger charge is 2.18. The topological polar surface area (TPSA) is 49.2 Å². The van der Waals surface area contributed by atoms with Crippen molar-refractivity contribution in [2.75, 3.05) is 19.8 Å². The zero-order valence-electron chi connectivity index (χ0n) is 9.88. The van der Waals surface area contributed by atoms with E-state index in [1.807, 2.05) is 6.07 Å². The Hall–Kier alpha value is -1.17. The molecule has 1 aliphatic heterocycles. The molecule has 1 fully saturated rings. The lowest BCUT2D eigenvalue weighted by Crippen LogP contribution is -2.32. The Balaban J connectivity index is 1.93. The Labute approximate surface area is 110 Å². The standard InChI is InChI=1S/C12H14ClN3O2/c13-5-12-15-10-6-14-2-1-11(10)16(12)7-9-8-17-3-4-18-9/h1-2,6,9H,3-5,7-8H2. The van der Waals surface area contributed by atoms with E-state index in [9.17, 15) is 0 Å². The van der Waals surface area contributed by atoms with Crippen LogP contribution in [0.4, 0.5) is 0 Å². The number of imidazole rings is 1. The molecule has 0 bridgehead atoms. The summed E-state index contributed by atoms with van der Waals surface area (Å²) in [5, 5.41) is 0. The highest BCUT2D eigenvalue weighted by atomic mass is 35.5. The van der Waals surface area contributed by atoms with Crippen LogP contribution in [-0.2, 0) is 21.9 Å². The maximum atomic E-state index is 5.95. The number of hydrogen-bond donors (Lipinski definition) is 0. The van der Waals surface area contributed by atoms with Crippen molar-refractivity contribution in [1.29, 1.82) is 0 Å². The van der Waals surface area contributed by atoms with Crippen molar-refractivity contribution < 1.29 is 9.47 Å². The summed E-state index contributed by atoms with van der Waals surface area (Å²) in [5.41, 5.74) is 1.90. The summed E-state index contributed by atoms with van der Waals surface area (Å²) in [6.07, 6.45) is 3.57. The van der Waals surface area contributed by atoms with Crippen molar-refractivity contribution in [3.8, 4) is 0 Å². The minimum Gasteiger partial charge on any atom is -0.376 e. The molecule has 3 rings (SSSR count). The van der Waals surface area contributed by atoms with Gasteiger partial charge in [0.1, 0.15) is 11.3 Å². The number of alkyl halides is 1. The van der Waals surface area contributed by atoms with Gasteiger partial charge in [-0.15, -0.1) is 11.6 Å². The highest BCUT2D eigenvalue weighted by Crippen LogP contribution is 2.18. The van der Waals surface area contributed by atoms with Gasteiger partial charge in [-0.05, 0) is 6.07 Å². The number of pyridine rings is 1. The van der Waals surface area contributed by atoms with Gasteiger partial charge >= 0.3 is 0 Å². The molecular weight excluding hydrogens is 254 g/mol. The highest BCUT2D eigenvalue weighted by molar-refractivity contribution is 6.16. The molecular formula is C12H14ClN3O2. The molecule has 0 saturated carbocycles. The van der Waals surface area contributed by atoms with Crippen LogP contribution in [0, 0.1) is 0 Å². The molecule has 96 valence electrons. The normalized spacial score (nSPS) is 20.4. The molecule has 0 amide bonds. The molecule has 1 saturated heterocycles. The van der Waals surface area contributed by atoms with Crippen LogP contribution in [0.1, 0.15) is 5.82 Å². The van der Waals surface area contributed by atoms with Gasteiger partial charge in [-0.2, -0.15) is 0 Å². The molecule has 0 spiro atoms. The predicted octanol–water partition coefficient (Wildman–Crippen LogP) is 1.59. The van der Waals surface area contributed by atoms with E-state index in [1.54, 1.807) is 12.4 Å². The van der Waals surface area contributed by atoms with E-state index < -0.39 is 0 Å². The Morgan fingerprint density at radius 2 is 2.39 bits per heavy atom. The SMILES string of the molecule is ClCc1nc2cnccc2n1CC1COCCO1. The Kier molecular flexibility index (Phi) is 3.45. The third-order valence-corrected chi connectivity index (χ3v) is 3.26. The van der Waals surface area contributed by atoms with E-state index in [1.165, 1.54) is 0 Å². The number of rotatable bonds is 3. The molecule has 18 heavy (non-hydrogen) atoms. The number of nitrogens with zero attached hydrogens (tertiary/aromatic N) is 3. The second kappa shape index (κ2) is 5.22. The Morgan fingerprint density at radius 3 is 3.17 bits per heavy atom. The third kappa shape index (κ3) is 2.21. The molecule has 0 aliphatic carbocycles. The first-order chi connectivity index (χ1) is 8.88. The third-order valence-electron chi connectivity index (χ3n) is 3.02. The molecule has 6 heteroatoms. The zero-order valence-corrected chi connectivity index (χ0v) is 10.6. The van der Waals surface area contributed by atoms with Gasteiger partial charge in [-0.25, -0.2) is 4.98 Å². The molecule has 1 unspecified atom stereocenters. The molecule has 0 radical (unpaired) electrons. The van der Waals surface area contributed by atoms with Gasteiger partial charge in [-0.3, -0.25) is 4.98 Å². The minimum absolute atomic E-state index is 0.0614. The van der Waals surface area contributed by atoms with Crippen LogP contribution < -0.4 is 0 Å². The molecule has 3 heterocycles. The van der Waals surface area contributed by atoms with Crippen LogP contribution in [0.3, 0.4) is 0 Å². The van der Waals surface area contributed by atoms with Gasteiger partial charge in [-0.1, -0.05) is 0 Å². The van der Waals surface area contributed by atoms with Gasteiger partial charge in [0.25, 0.3) is 0 Å². The average molecular weight is 268 g/mol. The Morgan fingerprint density at radius 1 is 1.44 bits per heavy atom. The molecule has 1 aliphatic rings. The maximum Gasteiger partial charge on any atom is 0.125 e. The van der Waals surface area contributed by atoms with Crippen LogP contribution >= 0.6 is 11.6 Å². The van der Waals surface area contributed by atoms with Crippen molar-refractivity contribution in [1.82, 2.24) is 14.5 Å². The summed E-state index contributed by atoms with van der Waals surface area (Å²) in [5.74, 6) is 1.22. The minimum atomic E-state index is 0.0614. The van der Waals surface area contributed by atoms with Gasteiger partial charge in [0.2, 0.25) is 0 Å². The number of hydrogen-bond acceptors (Lipinski definition) is 4. The molecule has 2 aromatic rings. The fraction of sp³-hybridized carbons (Fsp3) is 0.500. The lowest BCUT2D eigenvalue weighted by atomic mass is 10.3. The number of halogens is 1. The summed E-state index contributed by atoms with van der Waals surface area (Å²) < 4.78 is 13.2. The van der Waals surface area contributed by atoms with E-state index in [0.29, 0.717) is 32.2 Å². The lowest BCUT2D eigenvalue weighted by Gasteiger charge is -2.24. The maximum absolute atomic E-state index is 5.95. The largest absolute Gasteiger partial charge is 0.376 e. The average Bonchev–Trinajstić information content (AvgIpc) is 2.78. The lowest BCUT2D eigenvalue weighted by molar-refractivity contribution is -0.0934. The van der Waals surface area contributed by atoms with Crippen LogP contribution in [0.15, 0.2) is 18.5 Å². The van der Waals surface area contributed by atoms with Crippen molar-refractivity contribution in [2.45, 2.75) is 18.5 Å². The number of fused-ring (bicyclic) bond motifs is 1. The van der Waals surface area contributed by atoms with E-state index >= 15 is 0 Å². The Bertz CT molecular complexity index is 537. The number of aromatic nitrogens is 3. The summed E-state index contributed by atoms with van der Waals surface area (Å²) in [6, 6.07) is 1.95. The summed E-state index contributed by atoms with van der Waals surface area (Å²) in [4.78, 5) is 8.54. The summed E-state index contributed by atoms with van der Waals surface area (Å²) in [6.45, 7) is 2.65. The fourth-order valence-corrected chi connectivity index (χ4v) is 2.39. The van der Waals surface area contributed by atoms with Crippen LogP contribution in [0.25, 0.3) is 11.0 Å². The first-order valence-corrected chi connectivity index (χ1v) is 6.46. The molecule has 2 aromatic heterocycles. The van der Waals surface area contributed by atoms with Crippen molar-refractivity contribution in [2.24, 2.45) is 0 Å². The number of ether oxygens (including phenoxy) is 2. The first kappa shape index (κ1) is 11.9. The van der Waals surface area contributed by atoms with Crippen molar-refractivity contribution in [3.05, 3.63) is 24.3 Å². The van der Waals surface area contributed by atoms with Crippen LogP contribution in [0.5, 0.6) is 0 Å². The monoisotopic (exact) mass is 267 g/mol. The fourth-order valence-electron chi connectivity index (χ4n) is 2.18. The predicted molar refractivity (Wildman–Crippen MR) is 67.6 cm³/mol.